The lowest BCUT2D eigenvalue weighted by atomic mass is 10.1. The first-order chi connectivity index (χ1) is 18.2. The van der Waals surface area contributed by atoms with Crippen molar-refractivity contribution < 1.29 is 28.6 Å². The fourth-order valence-electron chi connectivity index (χ4n) is 3.66. The van der Waals surface area contributed by atoms with E-state index in [1.54, 1.807) is 54.6 Å². The van der Waals surface area contributed by atoms with Crippen LogP contribution >= 0.6 is 45.8 Å². The Bertz CT molecular complexity index is 1440. The number of barbiturate groups is 1. The number of ether oxygens (including phenoxy) is 3. The van der Waals surface area contributed by atoms with Gasteiger partial charge < -0.3 is 14.2 Å². The fraction of sp³-hybridized carbons (Fsp3) is 0.148. The largest absolute Gasteiger partial charge is 0.494 e. The highest BCUT2D eigenvalue weighted by molar-refractivity contribution is 14.1. The molecule has 1 saturated heterocycles. The number of carbonyl (C=O) groups excluding carboxylic acids is 3. The first-order valence-corrected chi connectivity index (χ1v) is 13.1. The van der Waals surface area contributed by atoms with Crippen LogP contribution in [-0.2, 0) is 16.2 Å². The lowest BCUT2D eigenvalue weighted by Gasteiger charge is -2.26. The monoisotopic (exact) mass is 666 g/mol. The fourth-order valence-corrected chi connectivity index (χ4v) is 4.77. The SMILES string of the molecule is CCOc1ccc(N2C(=O)NC(=O)/C(=C\c3cc(I)c(OCc4ccc(Cl)c(Cl)c4)c(OC)c3)C2=O)cc1. The molecule has 1 N–H and O–H groups in total. The van der Waals surface area contributed by atoms with Gasteiger partial charge in [0.05, 0.1) is 33.0 Å². The number of nitrogens with zero attached hydrogens (tertiary/aromatic N) is 1. The second-order valence-electron chi connectivity index (χ2n) is 7.96. The quantitative estimate of drug-likeness (QED) is 0.174. The Balaban J connectivity index is 1.61. The highest BCUT2D eigenvalue weighted by atomic mass is 127. The van der Waals surface area contributed by atoms with E-state index in [1.807, 2.05) is 6.92 Å². The Morgan fingerprint density at radius 1 is 0.974 bits per heavy atom. The zero-order chi connectivity index (χ0) is 27.4. The molecule has 38 heavy (non-hydrogen) atoms. The first kappa shape index (κ1) is 27.7. The van der Waals surface area contributed by atoms with Gasteiger partial charge in [-0.3, -0.25) is 14.9 Å². The van der Waals surface area contributed by atoms with E-state index in [4.69, 9.17) is 37.4 Å². The minimum absolute atomic E-state index is 0.208. The van der Waals surface area contributed by atoms with Crippen molar-refractivity contribution in [1.29, 1.82) is 0 Å². The normalized spacial score (nSPS) is 14.5. The van der Waals surface area contributed by atoms with Gasteiger partial charge in [0.1, 0.15) is 17.9 Å². The summed E-state index contributed by atoms with van der Waals surface area (Å²) in [6.45, 7) is 2.54. The van der Waals surface area contributed by atoms with E-state index >= 15 is 0 Å². The minimum atomic E-state index is -0.834. The molecule has 0 unspecified atom stereocenters. The van der Waals surface area contributed by atoms with Crippen molar-refractivity contribution >= 4 is 75.4 Å². The van der Waals surface area contributed by atoms with E-state index in [9.17, 15) is 14.4 Å². The molecule has 1 fully saturated rings. The molecule has 1 heterocycles. The van der Waals surface area contributed by atoms with Crippen molar-refractivity contribution in [2.24, 2.45) is 0 Å². The summed E-state index contributed by atoms with van der Waals surface area (Å²) in [6.07, 6.45) is 1.40. The van der Waals surface area contributed by atoms with Crippen molar-refractivity contribution in [1.82, 2.24) is 5.32 Å². The molecule has 0 aliphatic carbocycles. The average Bonchev–Trinajstić information content (AvgIpc) is 2.88. The van der Waals surface area contributed by atoms with Crippen molar-refractivity contribution in [3.63, 3.8) is 0 Å². The maximum atomic E-state index is 13.2. The maximum absolute atomic E-state index is 13.2. The van der Waals surface area contributed by atoms with E-state index < -0.39 is 17.8 Å². The molecule has 0 bridgehead atoms. The van der Waals surface area contributed by atoms with E-state index in [0.717, 1.165) is 10.5 Å². The third kappa shape index (κ3) is 6.06. The molecule has 0 saturated carbocycles. The number of benzene rings is 3. The van der Waals surface area contributed by atoms with Crippen LogP contribution in [0.1, 0.15) is 18.1 Å². The van der Waals surface area contributed by atoms with Gasteiger partial charge in [-0.15, -0.1) is 0 Å². The molecule has 3 aromatic carbocycles. The second kappa shape index (κ2) is 12.1. The summed E-state index contributed by atoms with van der Waals surface area (Å²) >= 11 is 14.1. The number of anilines is 1. The molecule has 1 aliphatic heterocycles. The van der Waals surface area contributed by atoms with Crippen LogP contribution in [0.4, 0.5) is 10.5 Å². The van der Waals surface area contributed by atoms with Gasteiger partial charge in [-0.1, -0.05) is 29.3 Å². The van der Waals surface area contributed by atoms with Crippen LogP contribution in [0, 0.1) is 3.57 Å². The smallest absolute Gasteiger partial charge is 0.335 e. The van der Waals surface area contributed by atoms with Gasteiger partial charge in [-0.25, -0.2) is 9.69 Å². The van der Waals surface area contributed by atoms with Gasteiger partial charge in [0.25, 0.3) is 11.8 Å². The number of methoxy groups -OCH3 is 1. The number of hydrogen-bond donors (Lipinski definition) is 1. The Labute approximate surface area is 242 Å². The minimum Gasteiger partial charge on any atom is -0.494 e. The summed E-state index contributed by atoms with van der Waals surface area (Å²) in [7, 11) is 1.49. The summed E-state index contributed by atoms with van der Waals surface area (Å²) in [5.74, 6) is -0.0807. The standard InChI is InChI=1S/C27H21Cl2IN2O6/c1-3-37-18-7-5-17(6-8-18)32-26(34)19(25(33)31-27(32)35)10-16-12-22(30)24(23(13-16)36-2)38-14-15-4-9-20(28)21(29)11-15/h4-13H,3,14H2,1-2H3,(H,31,33,35)/b19-10+. The van der Waals surface area contributed by atoms with Crippen LogP contribution in [0.15, 0.2) is 60.2 Å². The number of imide groups is 2. The predicted octanol–water partition coefficient (Wildman–Crippen LogP) is 6.25. The van der Waals surface area contributed by atoms with Gasteiger partial charge in [-0.2, -0.15) is 0 Å². The number of hydrogen-bond acceptors (Lipinski definition) is 6. The number of nitrogens with one attached hydrogen (secondary N) is 1. The average molecular weight is 667 g/mol. The van der Waals surface area contributed by atoms with Gasteiger partial charge in [0.15, 0.2) is 11.5 Å². The number of halogens is 3. The molecule has 0 spiro atoms. The van der Waals surface area contributed by atoms with Crippen LogP contribution in [0.2, 0.25) is 10.0 Å². The summed E-state index contributed by atoms with van der Waals surface area (Å²) in [5.41, 5.74) is 1.41. The molecule has 0 atom stereocenters. The number of urea groups is 1. The van der Waals surface area contributed by atoms with Gasteiger partial charge in [0.2, 0.25) is 0 Å². The third-order valence-corrected chi connectivity index (χ3v) is 6.98. The zero-order valence-electron chi connectivity index (χ0n) is 20.2. The topological polar surface area (TPSA) is 94.2 Å². The van der Waals surface area contributed by atoms with Crippen LogP contribution in [0.3, 0.4) is 0 Å². The lowest BCUT2D eigenvalue weighted by Crippen LogP contribution is -2.54. The Kier molecular flexibility index (Phi) is 8.80. The first-order valence-electron chi connectivity index (χ1n) is 11.3. The van der Waals surface area contributed by atoms with E-state index in [2.05, 4.69) is 27.9 Å². The molecule has 196 valence electrons. The molecular formula is C27H21Cl2IN2O6. The van der Waals surface area contributed by atoms with E-state index in [0.29, 0.717) is 48.7 Å². The lowest BCUT2D eigenvalue weighted by molar-refractivity contribution is -0.122. The number of amides is 4. The Morgan fingerprint density at radius 3 is 2.37 bits per heavy atom. The molecule has 11 heteroatoms. The van der Waals surface area contributed by atoms with Gasteiger partial charge in [-0.05, 0) is 95.2 Å². The molecule has 8 nitrogen and oxygen atoms in total. The third-order valence-electron chi connectivity index (χ3n) is 5.44. The highest BCUT2D eigenvalue weighted by Crippen LogP contribution is 2.36. The molecule has 1 aliphatic rings. The van der Waals surface area contributed by atoms with Crippen molar-refractivity contribution in [2.75, 3.05) is 18.6 Å². The van der Waals surface area contributed by atoms with Crippen molar-refractivity contribution in [2.45, 2.75) is 13.5 Å². The molecule has 4 amide bonds. The molecule has 0 aromatic heterocycles. The summed E-state index contributed by atoms with van der Waals surface area (Å²) < 4.78 is 17.6. The van der Waals surface area contributed by atoms with Crippen molar-refractivity contribution in [3.8, 4) is 17.2 Å². The van der Waals surface area contributed by atoms with Crippen LogP contribution in [0.5, 0.6) is 17.2 Å². The maximum Gasteiger partial charge on any atom is 0.335 e. The summed E-state index contributed by atoms with van der Waals surface area (Å²) in [4.78, 5) is 39.3. The molecule has 4 rings (SSSR count). The summed E-state index contributed by atoms with van der Waals surface area (Å²) in [5, 5.41) is 3.09. The summed E-state index contributed by atoms with van der Waals surface area (Å²) in [6, 6.07) is 14.2. The number of carbonyl (C=O) groups is 3. The van der Waals surface area contributed by atoms with Crippen LogP contribution in [0.25, 0.3) is 6.08 Å². The van der Waals surface area contributed by atoms with Gasteiger partial charge >= 0.3 is 6.03 Å². The zero-order valence-corrected chi connectivity index (χ0v) is 23.9. The second-order valence-corrected chi connectivity index (χ2v) is 9.93. The Hall–Kier alpha value is -3.28. The van der Waals surface area contributed by atoms with Crippen LogP contribution < -0.4 is 24.4 Å². The van der Waals surface area contributed by atoms with Gasteiger partial charge in [0, 0.05) is 0 Å². The van der Waals surface area contributed by atoms with E-state index in [1.165, 1.54) is 13.2 Å². The Morgan fingerprint density at radius 2 is 1.71 bits per heavy atom. The molecular weight excluding hydrogens is 646 g/mol. The highest BCUT2D eigenvalue weighted by Gasteiger charge is 2.37. The van der Waals surface area contributed by atoms with Crippen LogP contribution in [-0.4, -0.2) is 31.6 Å². The number of rotatable bonds is 8. The predicted molar refractivity (Wildman–Crippen MR) is 153 cm³/mol. The molecule has 0 radical (unpaired) electrons. The molecule has 3 aromatic rings. The van der Waals surface area contributed by atoms with E-state index in [-0.39, 0.29) is 12.2 Å². The van der Waals surface area contributed by atoms with Crippen molar-refractivity contribution in [3.05, 3.63) is 84.9 Å².